The molecule has 0 unspecified atom stereocenters. The first-order valence-electron chi connectivity index (χ1n) is 6.62. The van der Waals surface area contributed by atoms with E-state index < -0.39 is 16.6 Å². The molecule has 0 saturated carbocycles. The fourth-order valence-electron chi connectivity index (χ4n) is 2.66. The Balaban J connectivity index is 2.54. The molecule has 0 aromatic carbocycles. The molecule has 1 nitrogen and oxygen atoms in total. The molecular weight excluding hydrogens is 216 g/mol. The molecule has 1 heterocycles. The molecule has 1 saturated heterocycles. The Labute approximate surface area is 97.9 Å². The van der Waals surface area contributed by atoms with Gasteiger partial charge in [-0.05, 0) is 38.3 Å². The zero-order chi connectivity index (χ0) is 11.4. The fraction of sp³-hybridized carbons (Fsp3) is 1.00. The van der Waals surface area contributed by atoms with Crippen LogP contribution in [-0.4, -0.2) is 16.6 Å². The summed E-state index contributed by atoms with van der Waals surface area (Å²) in [6, 6.07) is 2.76. The smallest absolute Gasteiger partial charge is 0.173 e. The molecule has 15 heavy (non-hydrogen) atoms. The van der Waals surface area contributed by atoms with Crippen molar-refractivity contribution in [3.8, 4) is 0 Å². The molecule has 0 atom stereocenters. The largest absolute Gasteiger partial charge is 0.455 e. The first-order valence-corrected chi connectivity index (χ1v) is 12.8. The third-order valence-corrected chi connectivity index (χ3v) is 10.9. The number of hydrogen-bond acceptors (Lipinski definition) is 1. The summed E-state index contributed by atoms with van der Waals surface area (Å²) in [6.45, 7) is 9.67. The lowest BCUT2D eigenvalue weighted by Gasteiger charge is -2.34. The van der Waals surface area contributed by atoms with E-state index in [1.807, 2.05) is 0 Å². The molecule has 0 aromatic rings. The van der Waals surface area contributed by atoms with Crippen molar-refractivity contribution >= 4 is 16.6 Å². The van der Waals surface area contributed by atoms with Crippen molar-refractivity contribution in [3.63, 3.8) is 0 Å². The summed E-state index contributed by atoms with van der Waals surface area (Å²) < 4.78 is 6.54. The van der Waals surface area contributed by atoms with Gasteiger partial charge in [-0.25, -0.2) is 0 Å². The Morgan fingerprint density at radius 3 is 1.33 bits per heavy atom. The topological polar surface area (TPSA) is 9.23 Å². The van der Waals surface area contributed by atoms with Gasteiger partial charge in [0.2, 0.25) is 0 Å². The van der Waals surface area contributed by atoms with Crippen molar-refractivity contribution in [2.24, 2.45) is 0 Å². The second-order valence-corrected chi connectivity index (χ2v) is 15.1. The van der Waals surface area contributed by atoms with E-state index in [-0.39, 0.29) is 0 Å². The number of hydrogen-bond donors (Lipinski definition) is 0. The summed E-state index contributed by atoms with van der Waals surface area (Å²) in [6.07, 6.45) is 8.58. The molecule has 0 spiro atoms. The molecule has 0 N–H and O–H groups in total. The standard InChI is InChI=1S/C12H28OSi2/c1-14(2)11-9-7-5-6-8-10-12-15(3,4)13-14/h5-12H2,1-4H3. The van der Waals surface area contributed by atoms with Crippen LogP contribution < -0.4 is 0 Å². The highest BCUT2D eigenvalue weighted by Crippen LogP contribution is 2.26. The van der Waals surface area contributed by atoms with Crippen molar-refractivity contribution < 1.29 is 4.12 Å². The molecule has 0 amide bonds. The molecule has 3 heteroatoms. The van der Waals surface area contributed by atoms with Crippen molar-refractivity contribution in [1.29, 1.82) is 0 Å². The summed E-state index contributed by atoms with van der Waals surface area (Å²) in [5.41, 5.74) is 0. The Hall–Kier alpha value is 0.394. The first kappa shape index (κ1) is 13.5. The minimum atomic E-state index is -1.32. The van der Waals surface area contributed by atoms with Crippen LogP contribution in [0.25, 0.3) is 0 Å². The Morgan fingerprint density at radius 1 is 0.600 bits per heavy atom. The molecule has 0 bridgehead atoms. The van der Waals surface area contributed by atoms with E-state index >= 15 is 0 Å². The van der Waals surface area contributed by atoms with Gasteiger partial charge in [-0.2, -0.15) is 0 Å². The van der Waals surface area contributed by atoms with Crippen molar-refractivity contribution in [2.75, 3.05) is 0 Å². The van der Waals surface area contributed by atoms with Crippen molar-refractivity contribution in [2.45, 2.75) is 76.8 Å². The Morgan fingerprint density at radius 2 is 0.933 bits per heavy atom. The monoisotopic (exact) mass is 244 g/mol. The van der Waals surface area contributed by atoms with Crippen LogP contribution in [0.3, 0.4) is 0 Å². The van der Waals surface area contributed by atoms with E-state index in [1.54, 1.807) is 0 Å². The van der Waals surface area contributed by atoms with Crippen LogP contribution in [0.15, 0.2) is 0 Å². The van der Waals surface area contributed by atoms with Gasteiger partial charge >= 0.3 is 0 Å². The second-order valence-electron chi connectivity index (χ2n) is 6.24. The summed E-state index contributed by atoms with van der Waals surface area (Å²) in [5.74, 6) is 0. The van der Waals surface area contributed by atoms with Crippen molar-refractivity contribution in [3.05, 3.63) is 0 Å². The van der Waals surface area contributed by atoms with E-state index in [1.165, 1.54) is 50.6 Å². The molecule has 1 aliphatic heterocycles. The van der Waals surface area contributed by atoms with Gasteiger partial charge in [0.25, 0.3) is 0 Å². The summed E-state index contributed by atoms with van der Waals surface area (Å²) in [4.78, 5) is 0. The van der Waals surface area contributed by atoms with Gasteiger partial charge < -0.3 is 4.12 Å². The molecule has 0 radical (unpaired) electrons. The van der Waals surface area contributed by atoms with Gasteiger partial charge in [-0.15, -0.1) is 0 Å². The van der Waals surface area contributed by atoms with Gasteiger partial charge in [0.05, 0.1) is 0 Å². The third kappa shape index (κ3) is 5.88. The lowest BCUT2D eigenvalue weighted by molar-refractivity contribution is 0.531. The molecule has 0 aromatic heterocycles. The van der Waals surface area contributed by atoms with Crippen LogP contribution in [-0.2, 0) is 4.12 Å². The van der Waals surface area contributed by atoms with Gasteiger partial charge in [0, 0.05) is 0 Å². The molecule has 1 aliphatic rings. The fourth-order valence-corrected chi connectivity index (χ4v) is 11.7. The van der Waals surface area contributed by atoms with Gasteiger partial charge in [0.15, 0.2) is 16.6 Å². The molecular formula is C12H28OSi2. The number of rotatable bonds is 0. The van der Waals surface area contributed by atoms with Crippen LogP contribution in [0.1, 0.15) is 38.5 Å². The lowest BCUT2D eigenvalue weighted by atomic mass is 10.1. The summed E-state index contributed by atoms with van der Waals surface area (Å²) in [5, 5.41) is 0. The van der Waals surface area contributed by atoms with E-state index in [2.05, 4.69) is 26.2 Å². The first-order chi connectivity index (χ1) is 6.91. The van der Waals surface area contributed by atoms with Crippen LogP contribution in [0.2, 0.25) is 38.3 Å². The summed E-state index contributed by atoms with van der Waals surface area (Å²) in [7, 11) is -2.65. The highest BCUT2D eigenvalue weighted by molar-refractivity contribution is 6.84. The maximum atomic E-state index is 6.54. The third-order valence-electron chi connectivity index (χ3n) is 3.36. The van der Waals surface area contributed by atoms with E-state index in [0.717, 1.165) is 0 Å². The highest BCUT2D eigenvalue weighted by Gasteiger charge is 2.32. The van der Waals surface area contributed by atoms with Crippen LogP contribution >= 0.6 is 0 Å². The molecule has 1 fully saturated rings. The SMILES string of the molecule is C[Si]1(C)CCCCCCCC[Si](C)(C)O1. The van der Waals surface area contributed by atoms with Gasteiger partial charge in [-0.1, -0.05) is 38.5 Å². The average molecular weight is 245 g/mol. The van der Waals surface area contributed by atoms with E-state index in [0.29, 0.717) is 0 Å². The maximum absolute atomic E-state index is 6.54. The predicted molar refractivity (Wildman–Crippen MR) is 73.4 cm³/mol. The molecule has 0 aliphatic carbocycles. The summed E-state index contributed by atoms with van der Waals surface area (Å²) >= 11 is 0. The van der Waals surface area contributed by atoms with Crippen LogP contribution in [0, 0.1) is 0 Å². The van der Waals surface area contributed by atoms with E-state index in [4.69, 9.17) is 4.12 Å². The quantitative estimate of drug-likeness (QED) is 0.558. The average Bonchev–Trinajstić information content (AvgIpc) is 2.08. The lowest BCUT2D eigenvalue weighted by Crippen LogP contribution is -2.44. The minimum absolute atomic E-state index is 1.32. The Kier molecular flexibility index (Phi) is 5.06. The van der Waals surface area contributed by atoms with Gasteiger partial charge in [-0.3, -0.25) is 0 Å². The predicted octanol–water partition coefficient (Wildman–Crippen LogP) is 4.77. The Bertz CT molecular complexity index is 170. The zero-order valence-corrected chi connectivity index (χ0v) is 13.1. The van der Waals surface area contributed by atoms with E-state index in [9.17, 15) is 0 Å². The molecule has 1 rings (SSSR count). The van der Waals surface area contributed by atoms with Gasteiger partial charge in [0.1, 0.15) is 0 Å². The molecule has 90 valence electrons. The normalized spacial score (nSPS) is 28.0. The highest BCUT2D eigenvalue weighted by atomic mass is 28.4. The second kappa shape index (κ2) is 5.64. The van der Waals surface area contributed by atoms with Crippen LogP contribution in [0.4, 0.5) is 0 Å². The van der Waals surface area contributed by atoms with Crippen LogP contribution in [0.5, 0.6) is 0 Å². The minimum Gasteiger partial charge on any atom is -0.455 e. The zero-order valence-electron chi connectivity index (χ0n) is 11.1. The maximum Gasteiger partial charge on any atom is 0.173 e. The van der Waals surface area contributed by atoms with Crippen molar-refractivity contribution in [1.82, 2.24) is 0 Å².